The Bertz CT molecular complexity index is 282. The molecule has 0 saturated heterocycles. The summed E-state index contributed by atoms with van der Waals surface area (Å²) in [6.45, 7) is 0. The van der Waals surface area contributed by atoms with E-state index in [-0.39, 0.29) is 11.5 Å². The van der Waals surface area contributed by atoms with Gasteiger partial charge in [0.2, 0.25) is 0 Å². The van der Waals surface area contributed by atoms with Crippen LogP contribution in [0.2, 0.25) is 0 Å². The van der Waals surface area contributed by atoms with Crippen LogP contribution < -0.4 is 0 Å². The van der Waals surface area contributed by atoms with Gasteiger partial charge >= 0.3 is 0 Å². The Hall–Kier alpha value is -0.790. The quantitative estimate of drug-likeness (QED) is 0.567. The van der Waals surface area contributed by atoms with E-state index < -0.39 is 0 Å². The maximum atomic E-state index is 11.7. The van der Waals surface area contributed by atoms with Gasteiger partial charge in [0.05, 0.1) is 12.2 Å². The maximum absolute atomic E-state index is 11.7. The van der Waals surface area contributed by atoms with E-state index in [2.05, 4.69) is 6.08 Å². The second-order valence-electron chi connectivity index (χ2n) is 4.46. The largest absolute Gasteiger partial charge is 0.494 e. The molecule has 2 fully saturated rings. The molecule has 2 nitrogen and oxygen atoms in total. The fourth-order valence-electron chi connectivity index (χ4n) is 3.35. The number of hydrogen-bond donors (Lipinski definition) is 0. The zero-order chi connectivity index (χ0) is 8.89. The lowest BCUT2D eigenvalue weighted by atomic mass is 9.73. The van der Waals surface area contributed by atoms with Crippen molar-refractivity contribution in [1.29, 1.82) is 0 Å². The highest BCUT2D eigenvalue weighted by molar-refractivity contribution is 5.83. The standard InChI is InChI=1S/C11H14O2/c12-10-2-1-6-11-8(5-7-13-11)3-4-9(10)11/h5,7-9H,1-4,6H2/t8-,9-,11+/m1/s1. The molecule has 0 bridgehead atoms. The van der Waals surface area contributed by atoms with Crippen molar-refractivity contribution in [2.45, 2.75) is 37.7 Å². The Morgan fingerprint density at radius 2 is 2.38 bits per heavy atom. The van der Waals surface area contributed by atoms with Crippen molar-refractivity contribution in [3.8, 4) is 0 Å². The van der Waals surface area contributed by atoms with E-state index in [9.17, 15) is 4.79 Å². The normalized spacial score (nSPS) is 47.2. The lowest BCUT2D eigenvalue weighted by Crippen LogP contribution is -2.45. The predicted octanol–water partition coefficient (Wildman–Crippen LogP) is 2.05. The molecule has 70 valence electrons. The third-order valence-corrected chi connectivity index (χ3v) is 3.96. The Kier molecular flexibility index (Phi) is 1.38. The summed E-state index contributed by atoms with van der Waals surface area (Å²) >= 11 is 0. The van der Waals surface area contributed by atoms with E-state index in [0.717, 1.165) is 32.1 Å². The van der Waals surface area contributed by atoms with Crippen LogP contribution in [0.3, 0.4) is 0 Å². The Morgan fingerprint density at radius 1 is 1.46 bits per heavy atom. The van der Waals surface area contributed by atoms with Crippen LogP contribution in [0.1, 0.15) is 32.1 Å². The first kappa shape index (κ1) is 7.60. The van der Waals surface area contributed by atoms with Gasteiger partial charge in [-0.05, 0) is 31.8 Å². The minimum Gasteiger partial charge on any atom is -0.494 e. The highest BCUT2D eigenvalue weighted by atomic mass is 16.5. The van der Waals surface area contributed by atoms with Gasteiger partial charge in [-0.1, -0.05) is 0 Å². The van der Waals surface area contributed by atoms with Crippen molar-refractivity contribution < 1.29 is 9.53 Å². The average molecular weight is 178 g/mol. The van der Waals surface area contributed by atoms with E-state index in [0.29, 0.717) is 11.7 Å². The maximum Gasteiger partial charge on any atom is 0.139 e. The highest BCUT2D eigenvalue weighted by Crippen LogP contribution is 2.53. The molecule has 1 heterocycles. The van der Waals surface area contributed by atoms with Gasteiger partial charge in [-0.3, -0.25) is 4.79 Å². The summed E-state index contributed by atoms with van der Waals surface area (Å²) in [5.74, 6) is 1.18. The lowest BCUT2D eigenvalue weighted by Gasteiger charge is -2.37. The fraction of sp³-hybridized carbons (Fsp3) is 0.727. The number of carbonyl (C=O) groups is 1. The van der Waals surface area contributed by atoms with E-state index in [1.165, 1.54) is 0 Å². The minimum absolute atomic E-state index is 0.0880. The number of ketones is 1. The highest BCUT2D eigenvalue weighted by Gasteiger charge is 2.56. The van der Waals surface area contributed by atoms with Crippen molar-refractivity contribution in [3.63, 3.8) is 0 Å². The van der Waals surface area contributed by atoms with E-state index in [1.54, 1.807) is 0 Å². The van der Waals surface area contributed by atoms with Crippen molar-refractivity contribution in [2.75, 3.05) is 0 Å². The Balaban J connectivity index is 1.99. The zero-order valence-corrected chi connectivity index (χ0v) is 7.66. The van der Waals surface area contributed by atoms with Crippen LogP contribution in [0.5, 0.6) is 0 Å². The summed E-state index contributed by atoms with van der Waals surface area (Å²) < 4.78 is 5.74. The minimum atomic E-state index is -0.0880. The molecule has 0 unspecified atom stereocenters. The molecular weight excluding hydrogens is 164 g/mol. The van der Waals surface area contributed by atoms with Crippen molar-refractivity contribution >= 4 is 5.78 Å². The fourth-order valence-corrected chi connectivity index (χ4v) is 3.35. The molecule has 3 rings (SSSR count). The van der Waals surface area contributed by atoms with E-state index in [1.807, 2.05) is 6.26 Å². The van der Waals surface area contributed by atoms with E-state index >= 15 is 0 Å². The molecule has 0 radical (unpaired) electrons. The molecular formula is C11H14O2. The van der Waals surface area contributed by atoms with Gasteiger partial charge in [-0.15, -0.1) is 0 Å². The van der Waals surface area contributed by atoms with Crippen LogP contribution in [0, 0.1) is 11.8 Å². The number of hydrogen-bond acceptors (Lipinski definition) is 2. The van der Waals surface area contributed by atoms with Gasteiger partial charge in [-0.2, -0.15) is 0 Å². The number of rotatable bonds is 0. The first-order valence-electron chi connectivity index (χ1n) is 5.20. The third-order valence-electron chi connectivity index (χ3n) is 3.96. The van der Waals surface area contributed by atoms with Crippen LogP contribution in [-0.2, 0) is 9.53 Å². The van der Waals surface area contributed by atoms with Gasteiger partial charge in [0.15, 0.2) is 0 Å². The molecule has 0 aromatic heterocycles. The number of ether oxygens (including phenoxy) is 1. The summed E-state index contributed by atoms with van der Waals surface area (Å²) in [6, 6.07) is 0. The summed E-state index contributed by atoms with van der Waals surface area (Å²) in [5.41, 5.74) is -0.0880. The summed E-state index contributed by atoms with van der Waals surface area (Å²) in [6.07, 6.45) is 9.05. The molecule has 3 aliphatic rings. The van der Waals surface area contributed by atoms with Gasteiger partial charge in [0.1, 0.15) is 11.4 Å². The lowest BCUT2D eigenvalue weighted by molar-refractivity contribution is -0.136. The number of carbonyl (C=O) groups excluding carboxylic acids is 1. The summed E-state index contributed by atoms with van der Waals surface area (Å²) in [4.78, 5) is 11.7. The SMILES string of the molecule is O=C1CCC[C@]23OC=C[C@H]2CC[C@H]13. The van der Waals surface area contributed by atoms with Crippen molar-refractivity contribution in [2.24, 2.45) is 11.8 Å². The van der Waals surface area contributed by atoms with E-state index in [4.69, 9.17) is 4.74 Å². The second kappa shape index (κ2) is 2.37. The topological polar surface area (TPSA) is 26.3 Å². The first-order chi connectivity index (χ1) is 6.33. The molecule has 2 aliphatic carbocycles. The smallest absolute Gasteiger partial charge is 0.139 e. The van der Waals surface area contributed by atoms with Crippen molar-refractivity contribution in [1.82, 2.24) is 0 Å². The molecule has 0 aromatic rings. The van der Waals surface area contributed by atoms with Gasteiger partial charge in [-0.25, -0.2) is 0 Å². The Morgan fingerprint density at radius 3 is 3.31 bits per heavy atom. The molecule has 2 heteroatoms. The monoisotopic (exact) mass is 178 g/mol. The summed E-state index contributed by atoms with van der Waals surface area (Å²) in [7, 11) is 0. The Labute approximate surface area is 78.0 Å². The molecule has 1 spiro atoms. The van der Waals surface area contributed by atoms with Gasteiger partial charge in [0, 0.05) is 12.3 Å². The first-order valence-corrected chi connectivity index (χ1v) is 5.20. The zero-order valence-electron chi connectivity index (χ0n) is 7.66. The summed E-state index contributed by atoms with van der Waals surface area (Å²) in [5, 5.41) is 0. The molecule has 0 N–H and O–H groups in total. The van der Waals surface area contributed by atoms with Crippen LogP contribution in [0.25, 0.3) is 0 Å². The average Bonchev–Trinajstić information content (AvgIpc) is 2.60. The van der Waals surface area contributed by atoms with Gasteiger partial charge < -0.3 is 4.74 Å². The molecule has 0 amide bonds. The molecule has 2 saturated carbocycles. The van der Waals surface area contributed by atoms with Crippen LogP contribution in [0.4, 0.5) is 0 Å². The van der Waals surface area contributed by atoms with Crippen LogP contribution in [0.15, 0.2) is 12.3 Å². The third kappa shape index (κ3) is 0.812. The van der Waals surface area contributed by atoms with Crippen LogP contribution in [-0.4, -0.2) is 11.4 Å². The van der Waals surface area contributed by atoms with Gasteiger partial charge in [0.25, 0.3) is 0 Å². The van der Waals surface area contributed by atoms with Crippen LogP contribution >= 0.6 is 0 Å². The van der Waals surface area contributed by atoms with Crippen molar-refractivity contribution in [3.05, 3.63) is 12.3 Å². The molecule has 1 aliphatic heterocycles. The molecule has 13 heavy (non-hydrogen) atoms. The molecule has 3 atom stereocenters. The predicted molar refractivity (Wildman–Crippen MR) is 48.0 cm³/mol. The molecule has 0 aromatic carbocycles. The number of Topliss-reactive ketones (excluding diaryl/α,β-unsaturated/α-hetero) is 1. The second-order valence-corrected chi connectivity index (χ2v) is 4.46.